The minimum absolute atomic E-state index is 0.0213. The maximum atomic E-state index is 11.1. The predicted molar refractivity (Wildman–Crippen MR) is 78.2 cm³/mol. The van der Waals surface area contributed by atoms with Crippen molar-refractivity contribution in [2.75, 3.05) is 18.0 Å². The summed E-state index contributed by atoms with van der Waals surface area (Å²) >= 11 is 6.24. The molecule has 1 saturated heterocycles. The molecule has 5 nitrogen and oxygen atoms in total. The van der Waals surface area contributed by atoms with Gasteiger partial charge in [-0.2, -0.15) is 0 Å². The lowest BCUT2D eigenvalue weighted by Gasteiger charge is -2.21. The van der Waals surface area contributed by atoms with Crippen LogP contribution in [-0.2, 0) is 4.79 Å². The summed E-state index contributed by atoms with van der Waals surface area (Å²) in [6.07, 6.45) is 3.26. The van der Waals surface area contributed by atoms with Gasteiger partial charge in [0.25, 0.3) is 0 Å². The molecule has 108 valence electrons. The summed E-state index contributed by atoms with van der Waals surface area (Å²) in [5, 5.41) is 3.52. The first kappa shape index (κ1) is 13.6. The van der Waals surface area contributed by atoms with Crippen molar-refractivity contribution in [3.8, 4) is 0 Å². The molecule has 2 fully saturated rings. The van der Waals surface area contributed by atoms with Gasteiger partial charge in [0.1, 0.15) is 16.8 Å². The fourth-order valence-electron chi connectivity index (χ4n) is 2.68. The number of nitrogens with zero attached hydrogens (tertiary/aromatic N) is 3. The molecule has 6 heteroatoms. The zero-order valence-electron chi connectivity index (χ0n) is 11.8. The summed E-state index contributed by atoms with van der Waals surface area (Å²) in [6.45, 7) is 5.20. The van der Waals surface area contributed by atoms with Gasteiger partial charge in [-0.3, -0.25) is 4.79 Å². The number of rotatable bonds is 3. The summed E-state index contributed by atoms with van der Waals surface area (Å²) in [6, 6.07) is 0.199. The molecule has 1 aliphatic carbocycles. The first-order valence-electron chi connectivity index (χ1n) is 7.10. The third-order valence-corrected chi connectivity index (χ3v) is 4.28. The number of nitrogens with one attached hydrogen (secondary N) is 1. The van der Waals surface area contributed by atoms with Crippen molar-refractivity contribution in [1.29, 1.82) is 0 Å². The van der Waals surface area contributed by atoms with Gasteiger partial charge in [0.2, 0.25) is 5.91 Å². The highest BCUT2D eigenvalue weighted by Gasteiger charge is 2.31. The van der Waals surface area contributed by atoms with Crippen LogP contribution in [0.2, 0.25) is 5.15 Å². The van der Waals surface area contributed by atoms with Crippen LogP contribution in [0.1, 0.15) is 43.5 Å². The fraction of sp³-hybridized carbons (Fsp3) is 0.643. The van der Waals surface area contributed by atoms with Crippen molar-refractivity contribution in [2.24, 2.45) is 0 Å². The molecule has 1 aromatic rings. The van der Waals surface area contributed by atoms with Crippen LogP contribution in [0.25, 0.3) is 0 Å². The third kappa shape index (κ3) is 2.73. The molecule has 1 N–H and O–H groups in total. The molecule has 0 spiro atoms. The SMILES string of the molecule is CC(=O)NC1CCN(c2nc(C3CC3)nc(Cl)c2C)C1. The van der Waals surface area contributed by atoms with Crippen molar-refractivity contribution >= 4 is 23.3 Å². The quantitative estimate of drug-likeness (QED) is 0.867. The lowest BCUT2D eigenvalue weighted by atomic mass is 10.2. The molecule has 0 aromatic carbocycles. The van der Waals surface area contributed by atoms with E-state index < -0.39 is 0 Å². The van der Waals surface area contributed by atoms with Gasteiger partial charge < -0.3 is 10.2 Å². The smallest absolute Gasteiger partial charge is 0.217 e. The number of aromatic nitrogens is 2. The van der Waals surface area contributed by atoms with E-state index in [9.17, 15) is 4.79 Å². The summed E-state index contributed by atoms with van der Waals surface area (Å²) in [4.78, 5) is 22.4. The maximum Gasteiger partial charge on any atom is 0.217 e. The largest absolute Gasteiger partial charge is 0.354 e. The summed E-state index contributed by atoms with van der Waals surface area (Å²) in [5.74, 6) is 2.31. The first-order chi connectivity index (χ1) is 9.54. The Bertz CT molecular complexity index is 544. The second-order valence-corrected chi connectivity index (χ2v) is 6.09. The molecule has 1 atom stereocenters. The van der Waals surface area contributed by atoms with Crippen molar-refractivity contribution in [3.05, 3.63) is 16.5 Å². The highest BCUT2D eigenvalue weighted by Crippen LogP contribution is 2.40. The molecule has 1 amide bonds. The van der Waals surface area contributed by atoms with Gasteiger partial charge in [-0.15, -0.1) is 0 Å². The number of halogens is 1. The molecule has 2 aliphatic rings. The van der Waals surface area contributed by atoms with E-state index in [1.54, 1.807) is 6.92 Å². The Morgan fingerprint density at radius 2 is 2.10 bits per heavy atom. The highest BCUT2D eigenvalue weighted by atomic mass is 35.5. The van der Waals surface area contributed by atoms with Crippen molar-refractivity contribution in [3.63, 3.8) is 0 Å². The van der Waals surface area contributed by atoms with Crippen LogP contribution in [-0.4, -0.2) is 35.0 Å². The van der Waals surface area contributed by atoms with Crippen LogP contribution in [0.5, 0.6) is 0 Å². The van der Waals surface area contributed by atoms with E-state index in [0.29, 0.717) is 11.1 Å². The summed E-state index contributed by atoms with van der Waals surface area (Å²) < 4.78 is 0. The number of hydrogen-bond acceptors (Lipinski definition) is 4. The number of hydrogen-bond donors (Lipinski definition) is 1. The Balaban J connectivity index is 1.81. The molecule has 2 heterocycles. The van der Waals surface area contributed by atoms with Crippen LogP contribution < -0.4 is 10.2 Å². The average Bonchev–Trinajstić information content (AvgIpc) is 3.13. The molecule has 1 unspecified atom stereocenters. The minimum atomic E-state index is 0.0213. The monoisotopic (exact) mass is 294 g/mol. The lowest BCUT2D eigenvalue weighted by Crippen LogP contribution is -2.35. The van der Waals surface area contributed by atoms with Crippen LogP contribution in [0.3, 0.4) is 0 Å². The molecule has 0 bridgehead atoms. The van der Waals surface area contributed by atoms with Crippen LogP contribution in [0.15, 0.2) is 0 Å². The van der Waals surface area contributed by atoms with E-state index >= 15 is 0 Å². The summed E-state index contributed by atoms with van der Waals surface area (Å²) in [5.41, 5.74) is 0.930. The second-order valence-electron chi connectivity index (χ2n) is 5.73. The van der Waals surface area contributed by atoms with Gasteiger partial charge in [-0.1, -0.05) is 11.6 Å². The molecule has 1 aromatic heterocycles. The number of anilines is 1. The molecular weight excluding hydrogens is 276 g/mol. The standard InChI is InChI=1S/C14H19ClN4O/c1-8-12(15)17-13(10-3-4-10)18-14(8)19-6-5-11(7-19)16-9(2)20/h10-11H,3-7H2,1-2H3,(H,16,20). The topological polar surface area (TPSA) is 58.1 Å². The fourth-order valence-corrected chi connectivity index (χ4v) is 2.86. The van der Waals surface area contributed by atoms with Gasteiger partial charge in [-0.05, 0) is 26.2 Å². The van der Waals surface area contributed by atoms with E-state index in [-0.39, 0.29) is 11.9 Å². The zero-order valence-corrected chi connectivity index (χ0v) is 12.6. The van der Waals surface area contributed by atoms with Crippen molar-refractivity contribution in [2.45, 2.75) is 45.1 Å². The van der Waals surface area contributed by atoms with E-state index in [2.05, 4.69) is 15.2 Å². The molecule has 1 saturated carbocycles. The van der Waals surface area contributed by atoms with Crippen molar-refractivity contribution < 1.29 is 4.79 Å². The van der Waals surface area contributed by atoms with Crippen molar-refractivity contribution in [1.82, 2.24) is 15.3 Å². The van der Waals surface area contributed by atoms with Gasteiger partial charge in [-0.25, -0.2) is 9.97 Å². The first-order valence-corrected chi connectivity index (χ1v) is 7.48. The van der Waals surface area contributed by atoms with Crippen LogP contribution >= 0.6 is 11.6 Å². The Morgan fingerprint density at radius 3 is 2.75 bits per heavy atom. The summed E-state index contributed by atoms with van der Waals surface area (Å²) in [7, 11) is 0. The van der Waals surface area contributed by atoms with E-state index in [4.69, 9.17) is 16.6 Å². The third-order valence-electron chi connectivity index (χ3n) is 3.92. The Labute approximate surface area is 123 Å². The molecule has 20 heavy (non-hydrogen) atoms. The van der Waals surface area contributed by atoms with E-state index in [1.807, 2.05) is 6.92 Å². The lowest BCUT2D eigenvalue weighted by molar-refractivity contribution is -0.119. The Hall–Kier alpha value is -1.36. The molecular formula is C14H19ClN4O. The van der Waals surface area contributed by atoms with Crippen LogP contribution in [0.4, 0.5) is 5.82 Å². The van der Waals surface area contributed by atoms with Crippen LogP contribution in [0, 0.1) is 6.92 Å². The average molecular weight is 295 g/mol. The highest BCUT2D eigenvalue weighted by molar-refractivity contribution is 6.30. The normalized spacial score (nSPS) is 22.1. The zero-order chi connectivity index (χ0) is 14.3. The minimum Gasteiger partial charge on any atom is -0.354 e. The van der Waals surface area contributed by atoms with Gasteiger partial charge in [0, 0.05) is 37.5 Å². The van der Waals surface area contributed by atoms with E-state index in [0.717, 1.165) is 49.6 Å². The second kappa shape index (κ2) is 5.20. The van der Waals surface area contributed by atoms with Gasteiger partial charge in [0.05, 0.1) is 0 Å². The Morgan fingerprint density at radius 1 is 1.35 bits per heavy atom. The molecule has 0 radical (unpaired) electrons. The number of carbonyl (C=O) groups excluding carboxylic acids is 1. The number of amides is 1. The van der Waals surface area contributed by atoms with Gasteiger partial charge >= 0.3 is 0 Å². The molecule has 1 aliphatic heterocycles. The molecule has 3 rings (SSSR count). The maximum absolute atomic E-state index is 11.1. The predicted octanol–water partition coefficient (Wildman–Crippen LogP) is 2.03. The number of carbonyl (C=O) groups is 1. The van der Waals surface area contributed by atoms with E-state index in [1.165, 1.54) is 0 Å². The Kier molecular flexibility index (Phi) is 3.54. The van der Waals surface area contributed by atoms with Gasteiger partial charge in [0.15, 0.2) is 0 Å².